The molecule has 0 atom stereocenters. The van der Waals surface area contributed by atoms with Gasteiger partial charge in [0, 0.05) is 18.2 Å². The standard InChI is InChI=1S/C20H19N3O5/c1-12(18(24)23(2)20(26)27)11-13-3-5-15(6-4-13)19(25)28-16-9-7-14(8-10-16)17(21)22/h3-11H,1-2H3,(H3,21,22)(H,26,27)/b12-11+. The van der Waals surface area contributed by atoms with E-state index in [1.54, 1.807) is 36.4 Å². The summed E-state index contributed by atoms with van der Waals surface area (Å²) in [4.78, 5) is 35.5. The molecule has 28 heavy (non-hydrogen) atoms. The van der Waals surface area contributed by atoms with Gasteiger partial charge < -0.3 is 15.6 Å². The third-order valence-electron chi connectivity index (χ3n) is 3.83. The van der Waals surface area contributed by atoms with E-state index in [0.29, 0.717) is 27.3 Å². The van der Waals surface area contributed by atoms with Crippen molar-refractivity contribution in [3.63, 3.8) is 0 Å². The molecule has 0 fully saturated rings. The van der Waals surface area contributed by atoms with Gasteiger partial charge in [0.1, 0.15) is 11.6 Å². The molecule has 0 radical (unpaired) electrons. The number of amides is 2. The summed E-state index contributed by atoms with van der Waals surface area (Å²) in [5, 5.41) is 16.2. The second-order valence-electron chi connectivity index (χ2n) is 5.92. The third kappa shape index (κ3) is 5.04. The van der Waals surface area contributed by atoms with Crippen LogP contribution in [0.3, 0.4) is 0 Å². The maximum Gasteiger partial charge on any atom is 0.414 e. The molecule has 0 spiro atoms. The summed E-state index contributed by atoms with van der Waals surface area (Å²) in [5.41, 5.74) is 7.07. The van der Waals surface area contributed by atoms with Crippen LogP contribution in [0.4, 0.5) is 4.79 Å². The van der Waals surface area contributed by atoms with Crippen LogP contribution in [0.5, 0.6) is 5.75 Å². The first-order chi connectivity index (χ1) is 13.2. The summed E-state index contributed by atoms with van der Waals surface area (Å²) in [6.45, 7) is 1.51. The Kier molecular flexibility index (Phi) is 6.28. The first-order valence-electron chi connectivity index (χ1n) is 8.15. The van der Waals surface area contributed by atoms with Gasteiger partial charge in [-0.2, -0.15) is 0 Å². The molecule has 2 amide bonds. The van der Waals surface area contributed by atoms with Gasteiger partial charge in [-0.05, 0) is 55.0 Å². The molecule has 0 saturated heterocycles. The second kappa shape index (κ2) is 8.63. The minimum atomic E-state index is -1.34. The number of hydrogen-bond donors (Lipinski definition) is 3. The van der Waals surface area contributed by atoms with E-state index in [-0.39, 0.29) is 11.4 Å². The quantitative estimate of drug-likeness (QED) is 0.240. The number of rotatable bonds is 5. The zero-order valence-corrected chi connectivity index (χ0v) is 15.3. The normalized spacial score (nSPS) is 10.9. The van der Waals surface area contributed by atoms with E-state index in [2.05, 4.69) is 0 Å². The van der Waals surface area contributed by atoms with Crippen molar-refractivity contribution in [1.82, 2.24) is 4.90 Å². The highest BCUT2D eigenvalue weighted by molar-refractivity contribution is 6.04. The van der Waals surface area contributed by atoms with Crippen LogP contribution in [-0.2, 0) is 4.79 Å². The lowest BCUT2D eigenvalue weighted by molar-refractivity contribution is -0.123. The lowest BCUT2D eigenvalue weighted by Gasteiger charge is -2.11. The van der Waals surface area contributed by atoms with Crippen LogP contribution in [-0.4, -0.2) is 40.9 Å². The molecule has 0 bridgehead atoms. The molecule has 4 N–H and O–H groups in total. The number of nitrogens with two attached hydrogens (primary N) is 1. The number of imide groups is 1. The van der Waals surface area contributed by atoms with Crippen molar-refractivity contribution >= 4 is 29.9 Å². The van der Waals surface area contributed by atoms with Gasteiger partial charge in [0.25, 0.3) is 5.91 Å². The predicted octanol–water partition coefficient (Wildman–Crippen LogP) is 2.73. The van der Waals surface area contributed by atoms with E-state index < -0.39 is 18.0 Å². The molecule has 0 unspecified atom stereocenters. The van der Waals surface area contributed by atoms with Crippen molar-refractivity contribution in [1.29, 1.82) is 5.41 Å². The fourth-order valence-corrected chi connectivity index (χ4v) is 2.25. The molecule has 144 valence electrons. The minimum absolute atomic E-state index is 0.0788. The van der Waals surface area contributed by atoms with Crippen LogP contribution in [0.2, 0.25) is 0 Å². The van der Waals surface area contributed by atoms with Crippen molar-refractivity contribution in [2.75, 3.05) is 7.05 Å². The average Bonchev–Trinajstić information content (AvgIpc) is 2.67. The number of nitrogens with one attached hydrogen (secondary N) is 1. The number of benzene rings is 2. The Morgan fingerprint density at radius 3 is 2.07 bits per heavy atom. The van der Waals surface area contributed by atoms with Gasteiger partial charge in [-0.15, -0.1) is 0 Å². The molecule has 0 heterocycles. The van der Waals surface area contributed by atoms with E-state index in [9.17, 15) is 14.4 Å². The number of carbonyl (C=O) groups excluding carboxylic acids is 2. The smallest absolute Gasteiger partial charge is 0.414 e. The Morgan fingerprint density at radius 2 is 1.57 bits per heavy atom. The number of carbonyl (C=O) groups is 3. The summed E-state index contributed by atoms with van der Waals surface area (Å²) >= 11 is 0. The van der Waals surface area contributed by atoms with Gasteiger partial charge in [0.15, 0.2) is 0 Å². The fraction of sp³-hybridized carbons (Fsp3) is 0.100. The summed E-state index contributed by atoms with van der Waals surface area (Å²) in [6, 6.07) is 12.5. The van der Waals surface area contributed by atoms with Gasteiger partial charge >= 0.3 is 12.1 Å². The molecule has 8 heteroatoms. The van der Waals surface area contributed by atoms with Gasteiger partial charge in [0.05, 0.1) is 5.56 Å². The van der Waals surface area contributed by atoms with Crippen LogP contribution < -0.4 is 10.5 Å². The van der Waals surface area contributed by atoms with E-state index in [0.717, 1.165) is 0 Å². The van der Waals surface area contributed by atoms with Crippen LogP contribution in [0.25, 0.3) is 6.08 Å². The maximum absolute atomic E-state index is 12.2. The van der Waals surface area contributed by atoms with Crippen molar-refractivity contribution in [2.45, 2.75) is 6.92 Å². The molecule has 8 nitrogen and oxygen atoms in total. The topological polar surface area (TPSA) is 134 Å². The van der Waals surface area contributed by atoms with Gasteiger partial charge in [-0.3, -0.25) is 10.2 Å². The van der Waals surface area contributed by atoms with Crippen LogP contribution in [0.1, 0.15) is 28.4 Å². The number of carboxylic acid groups (broad SMARTS) is 1. The Labute approximate surface area is 161 Å². The second-order valence-corrected chi connectivity index (χ2v) is 5.92. The van der Waals surface area contributed by atoms with Crippen LogP contribution >= 0.6 is 0 Å². The fourth-order valence-electron chi connectivity index (χ4n) is 2.25. The van der Waals surface area contributed by atoms with Gasteiger partial charge in [0.2, 0.25) is 0 Å². The first kappa shape index (κ1) is 20.4. The minimum Gasteiger partial charge on any atom is -0.465 e. The third-order valence-corrected chi connectivity index (χ3v) is 3.83. The molecule has 0 aliphatic heterocycles. The van der Waals surface area contributed by atoms with Crippen LogP contribution in [0.15, 0.2) is 54.1 Å². The molecule has 0 aliphatic rings. The SMILES string of the molecule is C/C(=C\c1ccc(C(=O)Oc2ccc(C(=N)N)cc2)cc1)C(=O)N(C)C(=O)O. The molecule has 2 rings (SSSR count). The first-order valence-corrected chi connectivity index (χ1v) is 8.15. The highest BCUT2D eigenvalue weighted by atomic mass is 16.5. The van der Waals surface area contributed by atoms with Crippen molar-refractivity contribution in [3.05, 3.63) is 70.8 Å². The molecule has 2 aromatic rings. The number of ether oxygens (including phenoxy) is 1. The number of nitrogen functional groups attached to an aromatic ring is 1. The van der Waals surface area contributed by atoms with E-state index in [4.69, 9.17) is 21.0 Å². The summed E-state index contributed by atoms with van der Waals surface area (Å²) in [6.07, 6.45) is 0.185. The van der Waals surface area contributed by atoms with Crippen molar-refractivity contribution < 1.29 is 24.2 Å². The number of esters is 1. The number of likely N-dealkylation sites (N-methyl/N-ethyl adjacent to an activating group) is 1. The summed E-state index contributed by atoms with van der Waals surface area (Å²) in [5.74, 6) is -0.962. The zero-order chi connectivity index (χ0) is 20.8. The lowest BCUT2D eigenvalue weighted by Crippen LogP contribution is -2.32. The Bertz CT molecular complexity index is 947. The number of hydrogen-bond acceptors (Lipinski definition) is 5. The van der Waals surface area contributed by atoms with E-state index in [1.807, 2.05) is 0 Å². The predicted molar refractivity (Wildman–Crippen MR) is 103 cm³/mol. The highest BCUT2D eigenvalue weighted by Crippen LogP contribution is 2.16. The molecular formula is C20H19N3O5. The average molecular weight is 381 g/mol. The van der Waals surface area contributed by atoms with Crippen molar-refractivity contribution in [3.8, 4) is 5.75 Å². The Morgan fingerprint density at radius 1 is 1.04 bits per heavy atom. The Hall–Kier alpha value is -3.94. The largest absolute Gasteiger partial charge is 0.465 e. The molecular weight excluding hydrogens is 362 g/mol. The molecule has 0 aromatic heterocycles. The molecule has 0 saturated carbocycles. The van der Waals surface area contributed by atoms with Gasteiger partial charge in [-0.25, -0.2) is 14.5 Å². The maximum atomic E-state index is 12.2. The summed E-state index contributed by atoms with van der Waals surface area (Å²) in [7, 11) is 1.17. The monoisotopic (exact) mass is 381 g/mol. The van der Waals surface area contributed by atoms with E-state index in [1.165, 1.54) is 32.2 Å². The molecule has 0 aliphatic carbocycles. The van der Waals surface area contributed by atoms with Crippen molar-refractivity contribution in [2.24, 2.45) is 5.73 Å². The number of nitrogens with zero attached hydrogens (tertiary/aromatic N) is 1. The zero-order valence-electron chi connectivity index (χ0n) is 15.3. The Balaban J connectivity index is 2.08. The highest BCUT2D eigenvalue weighted by Gasteiger charge is 2.16. The lowest BCUT2D eigenvalue weighted by atomic mass is 10.1. The molecule has 2 aromatic carbocycles. The van der Waals surface area contributed by atoms with Gasteiger partial charge in [-0.1, -0.05) is 12.1 Å². The van der Waals surface area contributed by atoms with E-state index >= 15 is 0 Å². The summed E-state index contributed by atoms with van der Waals surface area (Å²) < 4.78 is 5.26. The van der Waals surface area contributed by atoms with Crippen LogP contribution in [0, 0.1) is 5.41 Å². The number of amidine groups is 1.